The monoisotopic (exact) mass is 155 g/mol. The molecule has 0 aliphatic carbocycles. The average Bonchev–Trinajstić information content (AvgIpc) is 1.91. The Balaban J connectivity index is 0. The van der Waals surface area contributed by atoms with Crippen LogP contribution in [0.5, 0.6) is 0 Å². The largest absolute Gasteiger partial charge is 0.386 e. The molecule has 0 spiro atoms. The van der Waals surface area contributed by atoms with E-state index in [0.29, 0.717) is 5.84 Å². The van der Waals surface area contributed by atoms with Gasteiger partial charge in [-0.25, -0.2) is 4.99 Å². The van der Waals surface area contributed by atoms with Gasteiger partial charge in [-0.3, -0.25) is 0 Å². The zero-order chi connectivity index (χ0) is 7.98. The molecule has 0 amide bonds. The summed E-state index contributed by atoms with van der Waals surface area (Å²) >= 11 is 0. The van der Waals surface area contributed by atoms with Crippen LogP contribution in [0.3, 0.4) is 0 Å². The number of hydrogen-bond donors (Lipinski definition) is 1. The molecule has 0 atom stereocenters. The molecule has 0 aromatic carbocycles. The molecule has 0 radical (unpaired) electrons. The summed E-state index contributed by atoms with van der Waals surface area (Å²) < 4.78 is 0. The summed E-state index contributed by atoms with van der Waals surface area (Å²) in [7, 11) is 1.96. The van der Waals surface area contributed by atoms with E-state index in [0.717, 1.165) is 6.54 Å². The Kier molecular flexibility index (Phi) is 7.76. The minimum absolute atomic E-state index is 0. The summed E-state index contributed by atoms with van der Waals surface area (Å²) in [6, 6.07) is 0. The maximum atomic E-state index is 5.38. The molecule has 1 rings (SSSR count). The summed E-state index contributed by atoms with van der Waals surface area (Å²) in [6.45, 7) is 6.75. The van der Waals surface area contributed by atoms with Crippen LogP contribution in [0.2, 0.25) is 0 Å². The molecule has 0 bridgehead atoms. The van der Waals surface area contributed by atoms with Gasteiger partial charge < -0.3 is 10.6 Å². The summed E-state index contributed by atoms with van der Waals surface area (Å²) in [5.74, 6) is 0.676. The van der Waals surface area contributed by atoms with Crippen LogP contribution in [0.15, 0.2) is 30.6 Å². The third kappa shape index (κ3) is 5.21. The van der Waals surface area contributed by atoms with Gasteiger partial charge in [0.2, 0.25) is 0 Å². The first-order valence-electron chi connectivity index (χ1n) is 2.98. The fourth-order valence-electron chi connectivity index (χ4n) is 0.592. The molecule has 1 heterocycles. The van der Waals surface area contributed by atoms with Gasteiger partial charge in [-0.1, -0.05) is 7.43 Å². The normalized spacial score (nSPS) is 13.9. The molecule has 3 heteroatoms. The van der Waals surface area contributed by atoms with Crippen LogP contribution in [0.4, 0.5) is 0 Å². The van der Waals surface area contributed by atoms with Crippen LogP contribution in [0.25, 0.3) is 0 Å². The lowest BCUT2D eigenvalue weighted by Gasteiger charge is -2.14. The molecule has 1 aliphatic heterocycles. The van der Waals surface area contributed by atoms with Gasteiger partial charge in [0.15, 0.2) is 0 Å². The smallest absolute Gasteiger partial charge is 0.119 e. The number of nitrogens with two attached hydrogens (primary N) is 1. The first kappa shape index (κ1) is 12.4. The molecular weight excluding hydrogens is 138 g/mol. The predicted molar refractivity (Wildman–Crippen MR) is 51.4 cm³/mol. The SMILES string of the molecule is C.C=C.CN1C=CN=C(N)C1. The van der Waals surface area contributed by atoms with Crippen LogP contribution in [0, 0.1) is 0 Å². The molecule has 0 unspecified atom stereocenters. The van der Waals surface area contributed by atoms with E-state index in [-0.39, 0.29) is 7.43 Å². The number of hydrogen-bond acceptors (Lipinski definition) is 3. The highest BCUT2D eigenvalue weighted by Gasteiger charge is 1.97. The van der Waals surface area contributed by atoms with Gasteiger partial charge in [0.1, 0.15) is 5.84 Å². The van der Waals surface area contributed by atoms with Crippen molar-refractivity contribution in [2.75, 3.05) is 13.6 Å². The van der Waals surface area contributed by atoms with Gasteiger partial charge in [-0.15, -0.1) is 13.2 Å². The molecule has 64 valence electrons. The molecule has 0 aromatic rings. The number of likely N-dealkylation sites (N-methyl/N-ethyl adjacent to an activating group) is 1. The molecule has 0 fully saturated rings. The minimum Gasteiger partial charge on any atom is -0.386 e. The van der Waals surface area contributed by atoms with Gasteiger partial charge in [-0.05, 0) is 0 Å². The van der Waals surface area contributed by atoms with Crippen LogP contribution in [-0.2, 0) is 0 Å². The first-order chi connectivity index (χ1) is 4.79. The molecule has 0 saturated carbocycles. The number of aliphatic imine (C=N–C) groups is 1. The average molecular weight is 155 g/mol. The Morgan fingerprint density at radius 2 is 2.18 bits per heavy atom. The lowest BCUT2D eigenvalue weighted by Crippen LogP contribution is -2.29. The van der Waals surface area contributed by atoms with Gasteiger partial charge in [0.05, 0.1) is 6.54 Å². The second-order valence-electron chi connectivity index (χ2n) is 1.83. The maximum Gasteiger partial charge on any atom is 0.119 e. The quantitative estimate of drug-likeness (QED) is 0.534. The van der Waals surface area contributed by atoms with E-state index in [9.17, 15) is 0 Å². The third-order valence-corrected chi connectivity index (χ3v) is 0.973. The molecule has 3 nitrogen and oxygen atoms in total. The van der Waals surface area contributed by atoms with Crippen molar-refractivity contribution in [1.82, 2.24) is 4.90 Å². The van der Waals surface area contributed by atoms with Gasteiger partial charge in [0.25, 0.3) is 0 Å². The molecule has 2 N–H and O–H groups in total. The van der Waals surface area contributed by atoms with Crippen molar-refractivity contribution in [1.29, 1.82) is 0 Å². The second-order valence-corrected chi connectivity index (χ2v) is 1.83. The van der Waals surface area contributed by atoms with Crippen LogP contribution in [0.1, 0.15) is 7.43 Å². The lowest BCUT2D eigenvalue weighted by atomic mass is 10.5. The Labute approximate surface area is 68.9 Å². The first-order valence-corrected chi connectivity index (χ1v) is 2.98. The third-order valence-electron chi connectivity index (χ3n) is 0.973. The van der Waals surface area contributed by atoms with E-state index in [1.807, 2.05) is 18.1 Å². The highest BCUT2D eigenvalue weighted by Crippen LogP contribution is 1.90. The van der Waals surface area contributed by atoms with Crippen molar-refractivity contribution in [2.24, 2.45) is 10.7 Å². The highest BCUT2D eigenvalue weighted by atomic mass is 15.1. The van der Waals surface area contributed by atoms with E-state index < -0.39 is 0 Å². The lowest BCUT2D eigenvalue weighted by molar-refractivity contribution is 0.515. The molecule has 0 aromatic heterocycles. The zero-order valence-electron chi connectivity index (χ0n) is 6.25. The van der Waals surface area contributed by atoms with Gasteiger partial charge >= 0.3 is 0 Å². The Hall–Kier alpha value is -1.25. The van der Waals surface area contributed by atoms with Crippen LogP contribution < -0.4 is 5.73 Å². The summed E-state index contributed by atoms with van der Waals surface area (Å²) in [6.07, 6.45) is 3.58. The Bertz CT molecular complexity index is 149. The van der Waals surface area contributed by atoms with Crippen molar-refractivity contribution in [3.63, 3.8) is 0 Å². The van der Waals surface area contributed by atoms with Crippen molar-refractivity contribution in [3.05, 3.63) is 25.6 Å². The van der Waals surface area contributed by atoms with Gasteiger partial charge in [0, 0.05) is 19.4 Å². The predicted octanol–water partition coefficient (Wildman–Crippen LogP) is 1.20. The number of amidine groups is 1. The molecule has 0 saturated heterocycles. The summed E-state index contributed by atoms with van der Waals surface area (Å²) in [5, 5.41) is 0. The van der Waals surface area contributed by atoms with Gasteiger partial charge in [-0.2, -0.15) is 0 Å². The fraction of sp³-hybridized carbons (Fsp3) is 0.375. The van der Waals surface area contributed by atoms with Crippen LogP contribution in [-0.4, -0.2) is 24.3 Å². The standard InChI is InChI=1S/C5H9N3.C2H4.CH4/c1-8-3-2-7-5(6)4-8;1-2;/h2-3H,4H2,1H3,(H2,6,7);1-2H2;1H4. The van der Waals surface area contributed by atoms with Crippen molar-refractivity contribution >= 4 is 5.84 Å². The summed E-state index contributed by atoms with van der Waals surface area (Å²) in [4.78, 5) is 5.83. The molecule has 11 heavy (non-hydrogen) atoms. The van der Waals surface area contributed by atoms with Crippen molar-refractivity contribution in [3.8, 4) is 0 Å². The Morgan fingerprint density at radius 1 is 1.64 bits per heavy atom. The molecule has 1 aliphatic rings. The van der Waals surface area contributed by atoms with E-state index >= 15 is 0 Å². The van der Waals surface area contributed by atoms with E-state index in [1.165, 1.54) is 0 Å². The highest BCUT2D eigenvalue weighted by molar-refractivity contribution is 5.83. The minimum atomic E-state index is 0. The van der Waals surface area contributed by atoms with E-state index in [4.69, 9.17) is 5.73 Å². The van der Waals surface area contributed by atoms with E-state index in [2.05, 4.69) is 18.2 Å². The van der Waals surface area contributed by atoms with E-state index in [1.54, 1.807) is 6.20 Å². The zero-order valence-corrected chi connectivity index (χ0v) is 6.25. The van der Waals surface area contributed by atoms with Crippen LogP contribution >= 0.6 is 0 Å². The van der Waals surface area contributed by atoms with Crippen molar-refractivity contribution in [2.45, 2.75) is 7.43 Å². The fourth-order valence-corrected chi connectivity index (χ4v) is 0.592. The summed E-state index contributed by atoms with van der Waals surface area (Å²) in [5.41, 5.74) is 5.38. The van der Waals surface area contributed by atoms with Crippen molar-refractivity contribution < 1.29 is 0 Å². The molecular formula is C8H17N3. The maximum absolute atomic E-state index is 5.38. The Morgan fingerprint density at radius 3 is 2.45 bits per heavy atom. The number of rotatable bonds is 0. The second kappa shape index (κ2) is 6.86. The number of nitrogens with zero attached hydrogens (tertiary/aromatic N) is 2. The topological polar surface area (TPSA) is 41.6 Å².